The molecule has 2 heterocycles. The lowest BCUT2D eigenvalue weighted by molar-refractivity contribution is 0.379. The highest BCUT2D eigenvalue weighted by atomic mass is 32.1. The highest BCUT2D eigenvalue weighted by Gasteiger charge is 2.02. The highest BCUT2D eigenvalue weighted by Crippen LogP contribution is 2.08. The SMILES string of the molecule is Cc1noc(CNc2ncns2)n1. The molecule has 0 atom stereocenters. The second-order valence-corrected chi connectivity index (χ2v) is 3.12. The van der Waals surface area contributed by atoms with Crippen LogP contribution in [0.5, 0.6) is 0 Å². The lowest BCUT2D eigenvalue weighted by atomic mass is 10.6. The van der Waals surface area contributed by atoms with Crippen molar-refractivity contribution in [3.63, 3.8) is 0 Å². The summed E-state index contributed by atoms with van der Waals surface area (Å²) in [7, 11) is 0. The molecule has 0 saturated carbocycles. The van der Waals surface area contributed by atoms with Gasteiger partial charge >= 0.3 is 0 Å². The normalized spacial score (nSPS) is 10.2. The van der Waals surface area contributed by atoms with Gasteiger partial charge in [-0.25, -0.2) is 4.98 Å². The van der Waals surface area contributed by atoms with Crippen molar-refractivity contribution >= 4 is 16.7 Å². The second-order valence-electron chi connectivity index (χ2n) is 2.34. The van der Waals surface area contributed by atoms with Crippen LogP contribution in [0.25, 0.3) is 0 Å². The third-order valence-electron chi connectivity index (χ3n) is 1.32. The van der Waals surface area contributed by atoms with Gasteiger partial charge in [-0.15, -0.1) is 0 Å². The maximum Gasteiger partial charge on any atom is 0.246 e. The fraction of sp³-hybridized carbons (Fsp3) is 0.333. The van der Waals surface area contributed by atoms with Crippen LogP contribution in [0, 0.1) is 6.92 Å². The van der Waals surface area contributed by atoms with E-state index in [-0.39, 0.29) is 0 Å². The van der Waals surface area contributed by atoms with Crippen molar-refractivity contribution in [2.45, 2.75) is 13.5 Å². The van der Waals surface area contributed by atoms with E-state index in [4.69, 9.17) is 4.52 Å². The molecule has 0 aliphatic carbocycles. The summed E-state index contributed by atoms with van der Waals surface area (Å²) >= 11 is 1.29. The first-order valence-corrected chi connectivity index (χ1v) is 4.41. The Morgan fingerprint density at radius 1 is 1.62 bits per heavy atom. The topological polar surface area (TPSA) is 76.7 Å². The van der Waals surface area contributed by atoms with E-state index in [0.717, 1.165) is 5.13 Å². The van der Waals surface area contributed by atoms with Gasteiger partial charge < -0.3 is 9.84 Å². The molecule has 0 fully saturated rings. The number of aromatic nitrogens is 4. The standard InChI is InChI=1S/C6H7N5OS/c1-4-10-5(12-11-4)2-7-6-8-3-9-13-6/h3H,2H2,1H3,(H,7,8,9). The lowest BCUT2D eigenvalue weighted by Gasteiger charge is -1.94. The molecule has 6 nitrogen and oxygen atoms in total. The lowest BCUT2D eigenvalue weighted by Crippen LogP contribution is -1.98. The Kier molecular flexibility index (Phi) is 2.17. The van der Waals surface area contributed by atoms with E-state index in [0.29, 0.717) is 18.3 Å². The maximum atomic E-state index is 4.90. The van der Waals surface area contributed by atoms with Crippen molar-refractivity contribution in [1.82, 2.24) is 19.5 Å². The summed E-state index contributed by atoms with van der Waals surface area (Å²) in [5.74, 6) is 1.18. The van der Waals surface area contributed by atoms with Crippen molar-refractivity contribution in [2.75, 3.05) is 5.32 Å². The summed E-state index contributed by atoms with van der Waals surface area (Å²) in [6.45, 7) is 2.26. The van der Waals surface area contributed by atoms with Gasteiger partial charge in [-0.2, -0.15) is 9.36 Å². The third kappa shape index (κ3) is 2.00. The maximum absolute atomic E-state index is 4.90. The van der Waals surface area contributed by atoms with Crippen LogP contribution in [0.2, 0.25) is 0 Å². The molecular formula is C6H7N5OS. The monoisotopic (exact) mass is 197 g/mol. The summed E-state index contributed by atoms with van der Waals surface area (Å²) < 4.78 is 8.74. The quantitative estimate of drug-likeness (QED) is 0.785. The Morgan fingerprint density at radius 3 is 3.15 bits per heavy atom. The molecule has 0 spiro atoms. The van der Waals surface area contributed by atoms with Crippen LogP contribution in [0.15, 0.2) is 10.9 Å². The smallest absolute Gasteiger partial charge is 0.246 e. The van der Waals surface area contributed by atoms with Crippen molar-refractivity contribution in [3.05, 3.63) is 18.0 Å². The molecule has 13 heavy (non-hydrogen) atoms. The van der Waals surface area contributed by atoms with Crippen molar-refractivity contribution in [2.24, 2.45) is 0 Å². The molecule has 2 aromatic rings. The first-order valence-electron chi connectivity index (χ1n) is 3.64. The fourth-order valence-electron chi connectivity index (χ4n) is 0.814. The Labute approximate surface area is 78.2 Å². The molecule has 0 radical (unpaired) electrons. The minimum absolute atomic E-state index is 0.482. The van der Waals surface area contributed by atoms with Crippen LogP contribution >= 0.6 is 11.5 Å². The molecule has 0 bridgehead atoms. The van der Waals surface area contributed by atoms with E-state index in [1.54, 1.807) is 6.92 Å². The average Bonchev–Trinajstić information content (AvgIpc) is 2.71. The molecule has 0 aliphatic rings. The zero-order valence-corrected chi connectivity index (χ0v) is 7.71. The molecule has 68 valence electrons. The highest BCUT2D eigenvalue weighted by molar-refractivity contribution is 7.09. The predicted octanol–water partition coefficient (Wildman–Crippen LogP) is 0.842. The number of hydrogen-bond acceptors (Lipinski definition) is 7. The van der Waals surface area contributed by atoms with Crippen LogP contribution in [-0.2, 0) is 6.54 Å². The van der Waals surface area contributed by atoms with Gasteiger partial charge in [-0.1, -0.05) is 5.16 Å². The number of anilines is 1. The average molecular weight is 197 g/mol. The Balaban J connectivity index is 1.93. The van der Waals surface area contributed by atoms with Crippen molar-refractivity contribution in [1.29, 1.82) is 0 Å². The van der Waals surface area contributed by atoms with Gasteiger partial charge in [0.1, 0.15) is 6.33 Å². The summed E-state index contributed by atoms with van der Waals surface area (Å²) in [5.41, 5.74) is 0. The number of nitrogens with one attached hydrogen (secondary N) is 1. The molecule has 0 unspecified atom stereocenters. The zero-order chi connectivity index (χ0) is 9.10. The molecule has 0 amide bonds. The predicted molar refractivity (Wildman–Crippen MR) is 46.3 cm³/mol. The summed E-state index contributed by atoms with van der Waals surface area (Å²) in [6.07, 6.45) is 1.49. The Morgan fingerprint density at radius 2 is 2.54 bits per heavy atom. The van der Waals surface area contributed by atoms with E-state index in [1.165, 1.54) is 17.9 Å². The number of aryl methyl sites for hydroxylation is 1. The molecule has 7 heteroatoms. The van der Waals surface area contributed by atoms with Crippen LogP contribution in [-0.4, -0.2) is 19.5 Å². The first-order chi connectivity index (χ1) is 6.34. The molecule has 2 aromatic heterocycles. The number of rotatable bonds is 3. The van der Waals surface area contributed by atoms with Crippen molar-refractivity contribution in [3.8, 4) is 0 Å². The van der Waals surface area contributed by atoms with Crippen LogP contribution in [0.3, 0.4) is 0 Å². The van der Waals surface area contributed by atoms with Crippen LogP contribution in [0.1, 0.15) is 11.7 Å². The van der Waals surface area contributed by atoms with Crippen LogP contribution in [0.4, 0.5) is 5.13 Å². The van der Waals surface area contributed by atoms with Gasteiger partial charge in [0.2, 0.25) is 11.0 Å². The summed E-state index contributed by atoms with van der Waals surface area (Å²) in [6, 6.07) is 0. The van der Waals surface area contributed by atoms with E-state index < -0.39 is 0 Å². The zero-order valence-electron chi connectivity index (χ0n) is 6.89. The summed E-state index contributed by atoms with van der Waals surface area (Å²) in [4.78, 5) is 7.97. The Hall–Kier alpha value is -1.50. The van der Waals surface area contributed by atoms with Gasteiger partial charge in [-0.3, -0.25) is 0 Å². The molecule has 2 rings (SSSR count). The van der Waals surface area contributed by atoms with Gasteiger partial charge in [0, 0.05) is 11.5 Å². The summed E-state index contributed by atoms with van der Waals surface area (Å²) in [5, 5.41) is 7.41. The minimum atomic E-state index is 0.482. The van der Waals surface area contributed by atoms with Crippen LogP contribution < -0.4 is 5.32 Å². The van der Waals surface area contributed by atoms with E-state index in [9.17, 15) is 0 Å². The first kappa shape index (κ1) is 8.11. The molecular weight excluding hydrogens is 190 g/mol. The molecule has 0 saturated heterocycles. The van der Waals surface area contributed by atoms with E-state index in [2.05, 4.69) is 24.8 Å². The third-order valence-corrected chi connectivity index (χ3v) is 1.94. The van der Waals surface area contributed by atoms with Gasteiger partial charge in [0.25, 0.3) is 0 Å². The minimum Gasteiger partial charge on any atom is -0.351 e. The Bertz CT molecular complexity index is 370. The second kappa shape index (κ2) is 3.48. The number of nitrogens with zero attached hydrogens (tertiary/aromatic N) is 4. The largest absolute Gasteiger partial charge is 0.351 e. The van der Waals surface area contributed by atoms with Gasteiger partial charge in [-0.05, 0) is 6.92 Å². The molecule has 0 aromatic carbocycles. The molecule has 1 N–H and O–H groups in total. The molecule has 0 aliphatic heterocycles. The fourth-order valence-corrected chi connectivity index (χ4v) is 1.24. The van der Waals surface area contributed by atoms with E-state index in [1.807, 2.05) is 0 Å². The number of hydrogen-bond donors (Lipinski definition) is 1. The van der Waals surface area contributed by atoms with Gasteiger partial charge in [0.05, 0.1) is 6.54 Å². The van der Waals surface area contributed by atoms with E-state index >= 15 is 0 Å². The van der Waals surface area contributed by atoms with Gasteiger partial charge in [0.15, 0.2) is 5.82 Å². The van der Waals surface area contributed by atoms with Crippen molar-refractivity contribution < 1.29 is 4.52 Å².